The predicted octanol–water partition coefficient (Wildman–Crippen LogP) is 2.25. The van der Waals surface area contributed by atoms with Gasteiger partial charge in [-0.3, -0.25) is 9.59 Å². The van der Waals surface area contributed by atoms with Gasteiger partial charge in [0, 0.05) is 6.42 Å². The zero-order chi connectivity index (χ0) is 13.1. The Kier molecular flexibility index (Phi) is 8.74. The molecule has 0 aromatic rings. The van der Waals surface area contributed by atoms with Crippen molar-refractivity contribution in [2.45, 2.75) is 26.2 Å². The normalized spacial score (nSPS) is 11.4. The highest BCUT2D eigenvalue weighted by atomic mass is 16.5. The van der Waals surface area contributed by atoms with Gasteiger partial charge >= 0.3 is 11.9 Å². The van der Waals surface area contributed by atoms with E-state index in [9.17, 15) is 9.59 Å². The Bertz CT molecular complexity index is 271. The van der Waals surface area contributed by atoms with Gasteiger partial charge in [0.1, 0.15) is 13.2 Å². The largest absolute Gasteiger partial charge is 0.461 e. The van der Waals surface area contributed by atoms with Crippen LogP contribution in [0.5, 0.6) is 0 Å². The fraction of sp³-hybridized carbons (Fsp3) is 0.538. The summed E-state index contributed by atoms with van der Waals surface area (Å²) in [5.41, 5.74) is 0. The van der Waals surface area contributed by atoms with Crippen LogP contribution in [0.4, 0.5) is 0 Å². The zero-order valence-electron chi connectivity index (χ0n) is 10.3. The van der Waals surface area contributed by atoms with Gasteiger partial charge in [0.15, 0.2) is 0 Å². The molecule has 0 fully saturated rings. The van der Waals surface area contributed by atoms with Gasteiger partial charge < -0.3 is 9.47 Å². The number of hydrogen-bond donors (Lipinski definition) is 0. The second kappa shape index (κ2) is 9.63. The van der Waals surface area contributed by atoms with Crippen molar-refractivity contribution in [2.75, 3.05) is 13.2 Å². The Morgan fingerprint density at radius 3 is 2.35 bits per heavy atom. The number of esters is 2. The van der Waals surface area contributed by atoms with E-state index in [0.29, 0.717) is 19.3 Å². The zero-order valence-corrected chi connectivity index (χ0v) is 10.3. The summed E-state index contributed by atoms with van der Waals surface area (Å²) in [6.45, 7) is 9.14. The molecule has 0 amide bonds. The van der Waals surface area contributed by atoms with Crippen molar-refractivity contribution in [1.82, 2.24) is 0 Å². The van der Waals surface area contributed by atoms with Crippen molar-refractivity contribution in [3.63, 3.8) is 0 Å². The summed E-state index contributed by atoms with van der Waals surface area (Å²) in [5, 5.41) is 0. The summed E-state index contributed by atoms with van der Waals surface area (Å²) in [4.78, 5) is 22.5. The number of ether oxygens (including phenoxy) is 2. The Morgan fingerprint density at radius 1 is 1.18 bits per heavy atom. The standard InChI is InChI=1S/C13H20O4/c1-4-9-16-12(14)8-6-7-11(3)13(15)17-10-5-2/h4-5,11H,1-2,6-10H2,3H3. The molecule has 0 N–H and O–H groups in total. The quantitative estimate of drug-likeness (QED) is 0.458. The van der Waals surface area contributed by atoms with Crippen LogP contribution in [-0.2, 0) is 19.1 Å². The molecule has 17 heavy (non-hydrogen) atoms. The highest BCUT2D eigenvalue weighted by Crippen LogP contribution is 2.10. The molecule has 0 saturated heterocycles. The molecule has 96 valence electrons. The molecule has 0 aromatic carbocycles. The van der Waals surface area contributed by atoms with Gasteiger partial charge in [-0.15, -0.1) is 0 Å². The Labute approximate surface area is 102 Å². The maximum Gasteiger partial charge on any atom is 0.308 e. The Hall–Kier alpha value is -1.58. The molecule has 4 heteroatoms. The maximum absolute atomic E-state index is 11.4. The molecule has 0 bridgehead atoms. The van der Waals surface area contributed by atoms with Crippen LogP contribution in [0.15, 0.2) is 25.3 Å². The molecule has 1 unspecified atom stereocenters. The molecule has 0 aliphatic heterocycles. The first kappa shape index (κ1) is 15.4. The lowest BCUT2D eigenvalue weighted by atomic mass is 10.0. The smallest absolute Gasteiger partial charge is 0.308 e. The topological polar surface area (TPSA) is 52.6 Å². The fourth-order valence-corrected chi connectivity index (χ4v) is 1.18. The summed E-state index contributed by atoms with van der Waals surface area (Å²) >= 11 is 0. The van der Waals surface area contributed by atoms with E-state index in [1.807, 2.05) is 0 Å². The molecule has 0 heterocycles. The average Bonchev–Trinajstić information content (AvgIpc) is 2.33. The van der Waals surface area contributed by atoms with Crippen LogP contribution in [0, 0.1) is 5.92 Å². The first-order valence-electron chi connectivity index (χ1n) is 5.65. The van der Waals surface area contributed by atoms with Gasteiger partial charge in [-0.05, 0) is 12.8 Å². The van der Waals surface area contributed by atoms with Crippen LogP contribution in [0.1, 0.15) is 26.2 Å². The molecule has 0 radical (unpaired) electrons. The van der Waals surface area contributed by atoms with E-state index in [1.54, 1.807) is 6.92 Å². The number of carbonyl (C=O) groups is 2. The SMILES string of the molecule is C=CCOC(=O)CCCC(C)C(=O)OCC=C. The second-order valence-electron chi connectivity index (χ2n) is 3.68. The van der Waals surface area contributed by atoms with Crippen molar-refractivity contribution in [1.29, 1.82) is 0 Å². The number of rotatable bonds is 9. The summed E-state index contributed by atoms with van der Waals surface area (Å²) in [5.74, 6) is -0.733. The van der Waals surface area contributed by atoms with Gasteiger partial charge in [-0.25, -0.2) is 0 Å². The third-order valence-corrected chi connectivity index (χ3v) is 2.13. The van der Waals surface area contributed by atoms with Crippen LogP contribution in [0.2, 0.25) is 0 Å². The first-order chi connectivity index (χ1) is 8.11. The van der Waals surface area contributed by atoms with Crippen LogP contribution >= 0.6 is 0 Å². The molecule has 0 aliphatic carbocycles. The van der Waals surface area contributed by atoms with E-state index in [-0.39, 0.29) is 31.1 Å². The van der Waals surface area contributed by atoms with E-state index < -0.39 is 0 Å². The highest BCUT2D eigenvalue weighted by Gasteiger charge is 2.14. The number of hydrogen-bond acceptors (Lipinski definition) is 4. The minimum atomic E-state index is -0.267. The third kappa shape index (κ3) is 8.25. The van der Waals surface area contributed by atoms with Crippen molar-refractivity contribution in [2.24, 2.45) is 5.92 Å². The van der Waals surface area contributed by atoms with E-state index in [0.717, 1.165) is 0 Å². The van der Waals surface area contributed by atoms with Gasteiger partial charge in [-0.2, -0.15) is 0 Å². The van der Waals surface area contributed by atoms with Gasteiger partial charge in [0.2, 0.25) is 0 Å². The predicted molar refractivity (Wildman–Crippen MR) is 65.3 cm³/mol. The van der Waals surface area contributed by atoms with Crippen LogP contribution in [-0.4, -0.2) is 25.2 Å². The average molecular weight is 240 g/mol. The summed E-state index contributed by atoms with van der Waals surface area (Å²) in [6, 6.07) is 0. The van der Waals surface area contributed by atoms with E-state index in [4.69, 9.17) is 9.47 Å². The fourth-order valence-electron chi connectivity index (χ4n) is 1.18. The molecular weight excluding hydrogens is 220 g/mol. The minimum absolute atomic E-state index is 0.206. The molecule has 4 nitrogen and oxygen atoms in total. The van der Waals surface area contributed by atoms with E-state index in [1.165, 1.54) is 12.2 Å². The Balaban J connectivity index is 3.65. The molecule has 0 aliphatic rings. The molecule has 0 rings (SSSR count). The van der Waals surface area contributed by atoms with Crippen molar-refractivity contribution in [3.8, 4) is 0 Å². The van der Waals surface area contributed by atoms with Gasteiger partial charge in [0.25, 0.3) is 0 Å². The van der Waals surface area contributed by atoms with E-state index in [2.05, 4.69) is 13.2 Å². The van der Waals surface area contributed by atoms with Gasteiger partial charge in [-0.1, -0.05) is 32.2 Å². The lowest BCUT2D eigenvalue weighted by Crippen LogP contribution is -2.15. The lowest BCUT2D eigenvalue weighted by Gasteiger charge is -2.09. The molecule has 0 saturated carbocycles. The lowest BCUT2D eigenvalue weighted by molar-refractivity contribution is -0.148. The molecule has 1 atom stereocenters. The van der Waals surface area contributed by atoms with E-state index >= 15 is 0 Å². The van der Waals surface area contributed by atoms with Crippen molar-refractivity contribution in [3.05, 3.63) is 25.3 Å². The molecular formula is C13H20O4. The highest BCUT2D eigenvalue weighted by molar-refractivity contribution is 5.72. The summed E-state index contributed by atoms with van der Waals surface area (Å²) < 4.78 is 9.70. The molecule has 0 spiro atoms. The van der Waals surface area contributed by atoms with Crippen LogP contribution in [0.3, 0.4) is 0 Å². The summed E-state index contributed by atoms with van der Waals surface area (Å²) in [6.07, 6.45) is 4.58. The van der Waals surface area contributed by atoms with Crippen molar-refractivity contribution >= 4 is 11.9 Å². The molecule has 0 aromatic heterocycles. The van der Waals surface area contributed by atoms with Gasteiger partial charge in [0.05, 0.1) is 5.92 Å². The van der Waals surface area contributed by atoms with Crippen LogP contribution in [0.25, 0.3) is 0 Å². The monoisotopic (exact) mass is 240 g/mol. The number of carbonyl (C=O) groups excluding carboxylic acids is 2. The summed E-state index contributed by atoms with van der Waals surface area (Å²) in [7, 11) is 0. The third-order valence-electron chi connectivity index (χ3n) is 2.13. The maximum atomic E-state index is 11.4. The minimum Gasteiger partial charge on any atom is -0.461 e. The van der Waals surface area contributed by atoms with Crippen molar-refractivity contribution < 1.29 is 19.1 Å². The van der Waals surface area contributed by atoms with Crippen LogP contribution < -0.4 is 0 Å². The Morgan fingerprint density at radius 2 is 1.76 bits per heavy atom. The first-order valence-corrected chi connectivity index (χ1v) is 5.65. The second-order valence-corrected chi connectivity index (χ2v) is 3.68.